The SMILES string of the molecule is CC1(C)C(=O)/C=C\C(=O)C(C)(C)C(=O)/C=C/C(=O)C(C)(C)C(=O)/C=C/C(=O)C(C)(C)C(=O)/C=C\C1=O. The lowest BCUT2D eigenvalue weighted by Crippen LogP contribution is -2.35. The summed E-state index contributed by atoms with van der Waals surface area (Å²) in [7, 11) is 0. The van der Waals surface area contributed by atoms with E-state index in [1.807, 2.05) is 0 Å². The second kappa shape index (κ2) is 10.5. The molecule has 8 heteroatoms. The van der Waals surface area contributed by atoms with Gasteiger partial charge in [0.1, 0.15) is 0 Å². The minimum atomic E-state index is -1.64. The number of carbonyl (C=O) groups is 8. The summed E-state index contributed by atoms with van der Waals surface area (Å²) in [6.07, 6.45) is 7.10. The summed E-state index contributed by atoms with van der Waals surface area (Å²) in [4.78, 5) is 101. The van der Waals surface area contributed by atoms with Gasteiger partial charge in [-0.15, -0.1) is 0 Å². The summed E-state index contributed by atoms with van der Waals surface area (Å²) < 4.78 is 0. The highest BCUT2D eigenvalue weighted by molar-refractivity contribution is 6.23. The first-order valence-corrected chi connectivity index (χ1v) is 11.3. The smallest absolute Gasteiger partial charge is 0.169 e. The molecule has 0 saturated heterocycles. The minimum absolute atomic E-state index is 0.736. The van der Waals surface area contributed by atoms with Crippen LogP contribution in [0.25, 0.3) is 0 Å². The summed E-state index contributed by atoms with van der Waals surface area (Å²) in [6.45, 7) is 10.5. The highest BCUT2D eigenvalue weighted by Gasteiger charge is 2.38. The van der Waals surface area contributed by atoms with Gasteiger partial charge in [-0.3, -0.25) is 38.4 Å². The summed E-state index contributed by atoms with van der Waals surface area (Å²) in [5.74, 6) is -5.89. The first kappa shape index (κ1) is 30.4. The third-order valence-electron chi connectivity index (χ3n) is 6.47. The molecule has 0 N–H and O–H groups in total. The molecule has 1 aliphatic carbocycles. The third-order valence-corrected chi connectivity index (χ3v) is 6.47. The molecule has 192 valence electrons. The Kier molecular flexibility index (Phi) is 8.87. The Bertz CT molecular complexity index is 900. The molecule has 0 amide bonds. The number of hydrogen-bond acceptors (Lipinski definition) is 8. The topological polar surface area (TPSA) is 137 Å². The predicted molar refractivity (Wildman–Crippen MR) is 132 cm³/mol. The Hall–Kier alpha value is -3.68. The van der Waals surface area contributed by atoms with E-state index in [0.29, 0.717) is 0 Å². The van der Waals surface area contributed by atoms with Crippen molar-refractivity contribution < 1.29 is 38.4 Å². The van der Waals surface area contributed by atoms with Crippen molar-refractivity contribution in [2.24, 2.45) is 21.7 Å². The Morgan fingerprint density at radius 2 is 0.361 bits per heavy atom. The fourth-order valence-electron chi connectivity index (χ4n) is 2.76. The van der Waals surface area contributed by atoms with Crippen molar-refractivity contribution in [1.29, 1.82) is 0 Å². The van der Waals surface area contributed by atoms with Gasteiger partial charge in [0, 0.05) is 0 Å². The number of allylic oxidation sites excluding steroid dienone is 8. The fourth-order valence-corrected chi connectivity index (χ4v) is 2.76. The van der Waals surface area contributed by atoms with E-state index in [0.717, 1.165) is 48.6 Å². The van der Waals surface area contributed by atoms with E-state index in [-0.39, 0.29) is 0 Å². The van der Waals surface area contributed by atoms with Gasteiger partial charge in [-0.25, -0.2) is 0 Å². The van der Waals surface area contributed by atoms with Crippen molar-refractivity contribution in [3.05, 3.63) is 48.6 Å². The maximum Gasteiger partial charge on any atom is 0.169 e. The van der Waals surface area contributed by atoms with Crippen molar-refractivity contribution >= 4 is 46.3 Å². The average Bonchev–Trinajstić information content (AvgIpc) is 2.80. The van der Waals surface area contributed by atoms with E-state index in [1.54, 1.807) is 0 Å². The maximum absolute atomic E-state index is 12.6. The van der Waals surface area contributed by atoms with Gasteiger partial charge in [0.15, 0.2) is 46.3 Å². The molecular formula is C28H32O8. The largest absolute Gasteiger partial charge is 0.294 e. The molecule has 36 heavy (non-hydrogen) atoms. The van der Waals surface area contributed by atoms with Crippen LogP contribution in [0, 0.1) is 21.7 Å². The normalized spacial score (nSPS) is 26.9. The predicted octanol–water partition coefficient (Wildman–Crippen LogP) is 2.88. The zero-order chi connectivity index (χ0) is 28.3. The average molecular weight is 497 g/mol. The van der Waals surface area contributed by atoms with E-state index in [1.165, 1.54) is 55.4 Å². The lowest BCUT2D eigenvalue weighted by atomic mass is 9.78. The first-order chi connectivity index (χ1) is 16.2. The quantitative estimate of drug-likeness (QED) is 0.467. The van der Waals surface area contributed by atoms with Crippen LogP contribution in [0.5, 0.6) is 0 Å². The molecule has 0 aromatic rings. The van der Waals surface area contributed by atoms with Crippen LogP contribution in [0.3, 0.4) is 0 Å². The molecule has 0 bridgehead atoms. The molecule has 0 aromatic carbocycles. The van der Waals surface area contributed by atoms with Crippen LogP contribution >= 0.6 is 0 Å². The van der Waals surface area contributed by atoms with Gasteiger partial charge in [0.25, 0.3) is 0 Å². The van der Waals surface area contributed by atoms with Crippen LogP contribution in [-0.2, 0) is 38.4 Å². The molecule has 0 atom stereocenters. The van der Waals surface area contributed by atoms with Gasteiger partial charge < -0.3 is 0 Å². The molecule has 0 aliphatic heterocycles. The fraction of sp³-hybridized carbons (Fsp3) is 0.429. The van der Waals surface area contributed by atoms with Crippen molar-refractivity contribution in [2.45, 2.75) is 55.4 Å². The zero-order valence-corrected chi connectivity index (χ0v) is 21.9. The summed E-state index contributed by atoms with van der Waals surface area (Å²) in [6, 6.07) is 0. The molecule has 1 aliphatic rings. The minimum Gasteiger partial charge on any atom is -0.294 e. The van der Waals surface area contributed by atoms with Crippen LogP contribution in [0.1, 0.15) is 55.4 Å². The second-order valence-corrected chi connectivity index (χ2v) is 10.7. The standard InChI is InChI=1S/C28H32O8/c1-25(2)17(29)9-11-19(31)26(3,4)21(33)13-15-23(35)28(7,8)24(36)16-14-22(34)27(5,6)20(32)12-10-18(25)30/h9-16H,1-8H3/b11-9-,12-10-,15-13+,16-14+. The van der Waals surface area contributed by atoms with E-state index in [4.69, 9.17) is 0 Å². The van der Waals surface area contributed by atoms with Crippen LogP contribution in [-0.4, -0.2) is 46.3 Å². The highest BCUT2D eigenvalue weighted by atomic mass is 16.2. The van der Waals surface area contributed by atoms with E-state index in [2.05, 4.69) is 0 Å². The van der Waals surface area contributed by atoms with Crippen LogP contribution in [0.15, 0.2) is 48.6 Å². The first-order valence-electron chi connectivity index (χ1n) is 11.3. The van der Waals surface area contributed by atoms with Gasteiger partial charge in [-0.05, 0) is 104 Å². The highest BCUT2D eigenvalue weighted by Crippen LogP contribution is 2.26. The van der Waals surface area contributed by atoms with Crippen molar-refractivity contribution in [3.63, 3.8) is 0 Å². The second-order valence-electron chi connectivity index (χ2n) is 10.7. The van der Waals surface area contributed by atoms with Gasteiger partial charge in [-0.2, -0.15) is 0 Å². The van der Waals surface area contributed by atoms with Gasteiger partial charge in [0.2, 0.25) is 0 Å². The monoisotopic (exact) mass is 496 g/mol. The van der Waals surface area contributed by atoms with Crippen molar-refractivity contribution in [1.82, 2.24) is 0 Å². The zero-order valence-electron chi connectivity index (χ0n) is 21.9. The molecule has 0 unspecified atom stereocenters. The Morgan fingerprint density at radius 1 is 0.278 bits per heavy atom. The summed E-state index contributed by atoms with van der Waals surface area (Å²) in [5.41, 5.74) is -6.55. The number of hydrogen-bond donors (Lipinski definition) is 0. The summed E-state index contributed by atoms with van der Waals surface area (Å²) >= 11 is 0. The van der Waals surface area contributed by atoms with Crippen LogP contribution < -0.4 is 0 Å². The third kappa shape index (κ3) is 6.30. The Balaban J connectivity index is 3.62. The van der Waals surface area contributed by atoms with Crippen molar-refractivity contribution in [2.75, 3.05) is 0 Å². The lowest BCUT2D eigenvalue weighted by molar-refractivity contribution is -0.136. The molecule has 0 aromatic heterocycles. The lowest BCUT2D eigenvalue weighted by Gasteiger charge is -2.21. The molecule has 0 saturated carbocycles. The van der Waals surface area contributed by atoms with E-state index in [9.17, 15) is 38.4 Å². The van der Waals surface area contributed by atoms with E-state index >= 15 is 0 Å². The van der Waals surface area contributed by atoms with Gasteiger partial charge in [0.05, 0.1) is 21.7 Å². The number of ketones is 8. The summed E-state index contributed by atoms with van der Waals surface area (Å²) in [5, 5.41) is 0. The van der Waals surface area contributed by atoms with Gasteiger partial charge >= 0.3 is 0 Å². The van der Waals surface area contributed by atoms with Crippen LogP contribution in [0.4, 0.5) is 0 Å². The van der Waals surface area contributed by atoms with E-state index < -0.39 is 67.9 Å². The molecule has 0 heterocycles. The molecule has 8 nitrogen and oxygen atoms in total. The molecular weight excluding hydrogens is 464 g/mol. The molecule has 0 spiro atoms. The number of carbonyl (C=O) groups excluding carboxylic acids is 8. The Labute approximate surface area is 210 Å². The molecule has 1 rings (SSSR count). The molecule has 0 fully saturated rings. The maximum atomic E-state index is 12.6. The van der Waals surface area contributed by atoms with Crippen molar-refractivity contribution in [3.8, 4) is 0 Å². The van der Waals surface area contributed by atoms with Crippen LogP contribution in [0.2, 0.25) is 0 Å². The molecule has 0 radical (unpaired) electrons. The Morgan fingerprint density at radius 3 is 0.444 bits per heavy atom. The number of rotatable bonds is 0. The van der Waals surface area contributed by atoms with Gasteiger partial charge in [-0.1, -0.05) is 0 Å².